The number of halogens is 1. The predicted octanol–water partition coefficient (Wildman–Crippen LogP) is 2.06. The number of alkyl halides is 1. The molecule has 0 rings (SSSR count). The number of carbonyl (C=O) groups excluding carboxylic acids is 1. The average molecular weight is 219 g/mol. The molecule has 0 fully saturated rings. The van der Waals surface area contributed by atoms with Crippen LogP contribution in [0.15, 0.2) is 24.3 Å². The highest BCUT2D eigenvalue weighted by Gasteiger charge is 1.99. The summed E-state index contributed by atoms with van der Waals surface area (Å²) in [5.74, 6) is -0.298. The molecule has 0 bridgehead atoms. The highest BCUT2D eigenvalue weighted by Crippen LogP contribution is 2.07. The van der Waals surface area contributed by atoms with Crippen molar-refractivity contribution >= 4 is 21.9 Å². The minimum Gasteiger partial charge on any atom is -0.461 e. The van der Waals surface area contributed by atoms with E-state index in [2.05, 4.69) is 29.1 Å². The third-order valence-corrected chi connectivity index (χ3v) is 1.79. The largest absolute Gasteiger partial charge is 0.461 e. The molecule has 0 radical (unpaired) electrons. The first-order valence-electron chi connectivity index (χ1n) is 3.13. The highest BCUT2D eigenvalue weighted by molar-refractivity contribution is 9.09. The maximum Gasteiger partial charge on any atom is 0.302 e. The number of hydrogen-bond donors (Lipinski definition) is 0. The lowest BCUT2D eigenvalue weighted by atomic mass is 10.2. The zero-order valence-corrected chi connectivity index (χ0v) is 8.11. The standard InChI is InChI=1S/C8H11BrO2/c1-6(4-9)7(2)5-11-8(3)10/h1-2,4-5H2,3H3. The van der Waals surface area contributed by atoms with E-state index in [1.807, 2.05) is 0 Å². The van der Waals surface area contributed by atoms with E-state index >= 15 is 0 Å². The predicted molar refractivity (Wildman–Crippen MR) is 48.7 cm³/mol. The smallest absolute Gasteiger partial charge is 0.302 e. The van der Waals surface area contributed by atoms with Crippen molar-refractivity contribution in [1.29, 1.82) is 0 Å². The van der Waals surface area contributed by atoms with Crippen LogP contribution in [0.5, 0.6) is 0 Å². The molecule has 0 heterocycles. The zero-order chi connectivity index (χ0) is 8.85. The normalized spacial score (nSPS) is 8.91. The molecule has 0 aromatic rings. The molecule has 0 aliphatic rings. The number of hydrogen-bond acceptors (Lipinski definition) is 2. The van der Waals surface area contributed by atoms with Crippen molar-refractivity contribution in [3.63, 3.8) is 0 Å². The monoisotopic (exact) mass is 218 g/mol. The third kappa shape index (κ3) is 4.79. The van der Waals surface area contributed by atoms with Crippen LogP contribution in [0.25, 0.3) is 0 Å². The van der Waals surface area contributed by atoms with Crippen molar-refractivity contribution in [3.05, 3.63) is 24.3 Å². The second kappa shape index (κ2) is 5.13. The Balaban J connectivity index is 3.70. The van der Waals surface area contributed by atoms with E-state index in [1.165, 1.54) is 6.92 Å². The molecule has 11 heavy (non-hydrogen) atoms. The number of esters is 1. The van der Waals surface area contributed by atoms with Gasteiger partial charge in [-0.2, -0.15) is 0 Å². The van der Waals surface area contributed by atoms with E-state index in [1.54, 1.807) is 0 Å². The van der Waals surface area contributed by atoms with Gasteiger partial charge < -0.3 is 4.74 Å². The van der Waals surface area contributed by atoms with Crippen LogP contribution in [0, 0.1) is 0 Å². The van der Waals surface area contributed by atoms with E-state index in [0.717, 1.165) is 11.1 Å². The Hall–Kier alpha value is -0.570. The third-order valence-electron chi connectivity index (χ3n) is 1.11. The molecule has 62 valence electrons. The van der Waals surface area contributed by atoms with E-state index in [4.69, 9.17) is 4.74 Å². The summed E-state index contributed by atoms with van der Waals surface area (Å²) in [4.78, 5) is 10.4. The fourth-order valence-corrected chi connectivity index (χ4v) is 0.782. The minimum atomic E-state index is -0.298. The molecule has 0 amide bonds. The van der Waals surface area contributed by atoms with Crippen LogP contribution in [0.2, 0.25) is 0 Å². The second-order valence-electron chi connectivity index (χ2n) is 2.12. The van der Waals surface area contributed by atoms with Gasteiger partial charge in [0.25, 0.3) is 0 Å². The topological polar surface area (TPSA) is 26.3 Å². The summed E-state index contributed by atoms with van der Waals surface area (Å²) < 4.78 is 4.71. The van der Waals surface area contributed by atoms with Gasteiger partial charge in [0.15, 0.2) is 0 Å². The Bertz CT molecular complexity index is 185. The summed E-state index contributed by atoms with van der Waals surface area (Å²) in [6.45, 7) is 9.01. The van der Waals surface area contributed by atoms with E-state index < -0.39 is 0 Å². The van der Waals surface area contributed by atoms with Crippen LogP contribution < -0.4 is 0 Å². The number of rotatable bonds is 4. The van der Waals surface area contributed by atoms with Gasteiger partial charge in [-0.1, -0.05) is 29.1 Å². The molecule has 0 unspecified atom stereocenters. The summed E-state index contributed by atoms with van der Waals surface area (Å²) in [7, 11) is 0. The van der Waals surface area contributed by atoms with Crippen LogP contribution in [-0.4, -0.2) is 17.9 Å². The molecule has 3 heteroatoms. The van der Waals surface area contributed by atoms with E-state index in [-0.39, 0.29) is 12.6 Å². The van der Waals surface area contributed by atoms with Crippen molar-refractivity contribution in [1.82, 2.24) is 0 Å². The van der Waals surface area contributed by atoms with Gasteiger partial charge in [0.05, 0.1) is 0 Å². The van der Waals surface area contributed by atoms with Gasteiger partial charge in [0, 0.05) is 12.3 Å². The molecule has 0 spiro atoms. The van der Waals surface area contributed by atoms with Crippen LogP contribution >= 0.6 is 15.9 Å². The molecule has 0 saturated heterocycles. The van der Waals surface area contributed by atoms with Crippen molar-refractivity contribution in [3.8, 4) is 0 Å². The Morgan fingerprint density at radius 2 is 2.00 bits per heavy atom. The summed E-state index contributed by atoms with van der Waals surface area (Å²) in [6, 6.07) is 0. The lowest BCUT2D eigenvalue weighted by molar-refractivity contribution is -0.139. The maximum atomic E-state index is 10.4. The summed E-state index contributed by atoms with van der Waals surface area (Å²) >= 11 is 3.22. The molecule has 0 N–H and O–H groups in total. The first-order chi connectivity index (χ1) is 5.07. The zero-order valence-electron chi connectivity index (χ0n) is 6.52. The second-order valence-corrected chi connectivity index (χ2v) is 2.68. The van der Waals surface area contributed by atoms with Crippen molar-refractivity contribution < 1.29 is 9.53 Å². The molecule has 0 atom stereocenters. The van der Waals surface area contributed by atoms with Crippen molar-refractivity contribution in [2.45, 2.75) is 6.92 Å². The highest BCUT2D eigenvalue weighted by atomic mass is 79.9. The van der Waals surface area contributed by atoms with Crippen molar-refractivity contribution in [2.75, 3.05) is 11.9 Å². The summed E-state index contributed by atoms with van der Waals surface area (Å²) in [5, 5.41) is 0.660. The fraction of sp³-hybridized carbons (Fsp3) is 0.375. The van der Waals surface area contributed by atoms with Gasteiger partial charge in [-0.15, -0.1) is 0 Å². The van der Waals surface area contributed by atoms with Gasteiger partial charge in [-0.05, 0) is 11.1 Å². The van der Waals surface area contributed by atoms with Gasteiger partial charge in [-0.3, -0.25) is 4.79 Å². The molecular formula is C8H11BrO2. The van der Waals surface area contributed by atoms with Gasteiger partial charge in [0.2, 0.25) is 0 Å². The first kappa shape index (κ1) is 10.4. The molecule has 2 nitrogen and oxygen atoms in total. The fourth-order valence-electron chi connectivity index (χ4n) is 0.385. The molecular weight excluding hydrogens is 208 g/mol. The molecule has 0 aliphatic carbocycles. The number of carbonyl (C=O) groups is 1. The van der Waals surface area contributed by atoms with Crippen LogP contribution in [-0.2, 0) is 9.53 Å². The van der Waals surface area contributed by atoms with Gasteiger partial charge in [0.1, 0.15) is 6.61 Å². The van der Waals surface area contributed by atoms with Crippen LogP contribution in [0.4, 0.5) is 0 Å². The number of ether oxygens (including phenoxy) is 1. The van der Waals surface area contributed by atoms with E-state index in [0.29, 0.717) is 5.33 Å². The lowest BCUT2D eigenvalue weighted by Crippen LogP contribution is -2.04. The Kier molecular flexibility index (Phi) is 4.86. The Morgan fingerprint density at radius 3 is 2.36 bits per heavy atom. The molecule has 0 saturated carbocycles. The molecule has 0 aliphatic heterocycles. The van der Waals surface area contributed by atoms with Gasteiger partial charge >= 0.3 is 5.97 Å². The summed E-state index contributed by atoms with van der Waals surface area (Å²) in [5.41, 5.74) is 1.60. The molecule has 0 aromatic heterocycles. The van der Waals surface area contributed by atoms with E-state index in [9.17, 15) is 4.79 Å². The lowest BCUT2D eigenvalue weighted by Gasteiger charge is -2.05. The Morgan fingerprint density at radius 1 is 1.45 bits per heavy atom. The minimum absolute atomic E-state index is 0.236. The van der Waals surface area contributed by atoms with Crippen LogP contribution in [0.3, 0.4) is 0 Å². The molecule has 0 aromatic carbocycles. The Labute approximate surface area is 75.1 Å². The summed E-state index contributed by atoms with van der Waals surface area (Å²) in [6.07, 6.45) is 0. The van der Waals surface area contributed by atoms with Crippen LogP contribution in [0.1, 0.15) is 6.92 Å². The SMILES string of the molecule is C=C(CBr)C(=C)COC(C)=O. The van der Waals surface area contributed by atoms with Gasteiger partial charge in [-0.25, -0.2) is 0 Å². The maximum absolute atomic E-state index is 10.4. The van der Waals surface area contributed by atoms with Crippen molar-refractivity contribution in [2.24, 2.45) is 0 Å². The first-order valence-corrected chi connectivity index (χ1v) is 4.25. The average Bonchev–Trinajstić information content (AvgIpc) is 1.98. The quantitative estimate of drug-likeness (QED) is 0.411.